The largest absolute Gasteiger partial charge is 0.468 e. The predicted molar refractivity (Wildman–Crippen MR) is 93.3 cm³/mol. The summed E-state index contributed by atoms with van der Waals surface area (Å²) in [4.78, 5) is 22.9. The Morgan fingerprint density at radius 1 is 1.36 bits per heavy atom. The van der Waals surface area contributed by atoms with E-state index in [0.29, 0.717) is 17.2 Å². The molecule has 0 radical (unpaired) electrons. The predicted octanol–water partition coefficient (Wildman–Crippen LogP) is 2.44. The van der Waals surface area contributed by atoms with Crippen molar-refractivity contribution in [2.45, 2.75) is 25.6 Å². The van der Waals surface area contributed by atoms with Gasteiger partial charge in [-0.3, -0.25) is 9.59 Å². The first-order chi connectivity index (χ1) is 9.93. The van der Waals surface area contributed by atoms with Crippen molar-refractivity contribution in [3.8, 4) is 0 Å². The second-order valence-corrected chi connectivity index (χ2v) is 6.01. The van der Waals surface area contributed by atoms with E-state index in [9.17, 15) is 9.59 Å². The lowest BCUT2D eigenvalue weighted by Crippen LogP contribution is -2.39. The number of esters is 1. The molecule has 0 aliphatic carbocycles. The van der Waals surface area contributed by atoms with Gasteiger partial charge in [0.15, 0.2) is 0 Å². The summed E-state index contributed by atoms with van der Waals surface area (Å²) in [6, 6.07) is 6.99. The highest BCUT2D eigenvalue weighted by molar-refractivity contribution is 7.99. The lowest BCUT2D eigenvalue weighted by Gasteiger charge is -2.15. The van der Waals surface area contributed by atoms with Gasteiger partial charge < -0.3 is 15.8 Å². The molecule has 0 spiro atoms. The Kier molecular flexibility index (Phi) is 9.89. The number of rotatable bonds is 7. The Labute approximate surface area is 141 Å². The second kappa shape index (κ2) is 10.5. The van der Waals surface area contributed by atoms with Crippen LogP contribution < -0.4 is 11.1 Å². The summed E-state index contributed by atoms with van der Waals surface area (Å²) in [5.74, 6) is 0.640. The molecule has 1 amide bonds. The molecule has 1 atom stereocenters. The van der Waals surface area contributed by atoms with E-state index in [1.807, 2.05) is 38.1 Å². The fraction of sp³-hybridized carbons (Fsp3) is 0.467. The van der Waals surface area contributed by atoms with E-state index >= 15 is 0 Å². The highest BCUT2D eigenvalue weighted by Crippen LogP contribution is 2.17. The first-order valence-electron chi connectivity index (χ1n) is 6.74. The van der Waals surface area contributed by atoms with Crippen LogP contribution in [0.3, 0.4) is 0 Å². The SMILES string of the molecule is COC(=O)CSCc1cccc(NC(=O)[C@@H](N)C(C)C)c1.Cl. The first-order valence-corrected chi connectivity index (χ1v) is 7.89. The van der Waals surface area contributed by atoms with Gasteiger partial charge in [-0.15, -0.1) is 24.2 Å². The molecule has 1 aromatic rings. The summed E-state index contributed by atoms with van der Waals surface area (Å²) in [5, 5.41) is 2.81. The molecule has 0 bridgehead atoms. The Bertz CT molecular complexity index is 497. The molecule has 0 aliphatic rings. The number of ether oxygens (including phenoxy) is 1. The zero-order valence-corrected chi connectivity index (χ0v) is 14.6. The summed E-state index contributed by atoms with van der Waals surface area (Å²) in [6.45, 7) is 3.81. The Morgan fingerprint density at radius 3 is 2.64 bits per heavy atom. The van der Waals surface area contributed by atoms with Crippen LogP contribution >= 0.6 is 24.2 Å². The molecule has 1 rings (SSSR count). The third-order valence-electron chi connectivity index (χ3n) is 2.93. The second-order valence-electron chi connectivity index (χ2n) is 5.03. The summed E-state index contributed by atoms with van der Waals surface area (Å²) < 4.78 is 4.58. The minimum Gasteiger partial charge on any atom is -0.468 e. The van der Waals surface area contributed by atoms with Gasteiger partial charge in [0.25, 0.3) is 0 Å². The molecule has 0 aliphatic heterocycles. The number of carbonyl (C=O) groups excluding carboxylic acids is 2. The molecular weight excluding hydrogens is 324 g/mol. The third kappa shape index (κ3) is 7.15. The zero-order valence-electron chi connectivity index (χ0n) is 13.0. The van der Waals surface area contributed by atoms with Crippen LogP contribution in [-0.2, 0) is 20.1 Å². The molecule has 0 aromatic heterocycles. The fourth-order valence-electron chi connectivity index (χ4n) is 1.58. The van der Waals surface area contributed by atoms with Crippen LogP contribution in [-0.4, -0.2) is 30.8 Å². The number of amides is 1. The maximum Gasteiger partial charge on any atom is 0.315 e. The Morgan fingerprint density at radius 2 is 2.05 bits per heavy atom. The number of methoxy groups -OCH3 is 1. The van der Waals surface area contributed by atoms with Crippen LogP contribution in [0.2, 0.25) is 0 Å². The summed E-state index contributed by atoms with van der Waals surface area (Å²) in [5.41, 5.74) is 7.55. The van der Waals surface area contributed by atoms with Crippen molar-refractivity contribution < 1.29 is 14.3 Å². The average Bonchev–Trinajstić information content (AvgIpc) is 2.46. The van der Waals surface area contributed by atoms with Crippen molar-refractivity contribution in [2.24, 2.45) is 11.7 Å². The topological polar surface area (TPSA) is 81.4 Å². The van der Waals surface area contributed by atoms with Crippen molar-refractivity contribution in [1.29, 1.82) is 0 Å². The number of nitrogens with one attached hydrogen (secondary N) is 1. The highest BCUT2D eigenvalue weighted by atomic mass is 35.5. The number of thioether (sulfide) groups is 1. The maximum atomic E-state index is 11.9. The van der Waals surface area contributed by atoms with E-state index in [4.69, 9.17) is 5.73 Å². The van der Waals surface area contributed by atoms with Crippen molar-refractivity contribution in [3.63, 3.8) is 0 Å². The van der Waals surface area contributed by atoms with Gasteiger partial charge in [-0.1, -0.05) is 26.0 Å². The molecular formula is C15H23ClN2O3S. The molecule has 22 heavy (non-hydrogen) atoms. The monoisotopic (exact) mass is 346 g/mol. The van der Waals surface area contributed by atoms with Crippen LogP contribution in [0.15, 0.2) is 24.3 Å². The number of carbonyl (C=O) groups is 2. The molecule has 0 saturated carbocycles. The number of hydrogen-bond donors (Lipinski definition) is 2. The van der Waals surface area contributed by atoms with Gasteiger partial charge in [0.05, 0.1) is 18.9 Å². The lowest BCUT2D eigenvalue weighted by molar-refractivity contribution is -0.137. The molecule has 5 nitrogen and oxygen atoms in total. The fourth-order valence-corrected chi connectivity index (χ4v) is 2.38. The number of nitrogens with two attached hydrogens (primary N) is 1. The van der Waals surface area contributed by atoms with E-state index in [0.717, 1.165) is 5.56 Å². The van der Waals surface area contributed by atoms with Gasteiger partial charge in [0.1, 0.15) is 0 Å². The highest BCUT2D eigenvalue weighted by Gasteiger charge is 2.17. The summed E-state index contributed by atoms with van der Waals surface area (Å²) >= 11 is 1.47. The van der Waals surface area contributed by atoms with E-state index in [1.165, 1.54) is 18.9 Å². The molecule has 3 N–H and O–H groups in total. The van der Waals surface area contributed by atoms with Gasteiger partial charge in [-0.05, 0) is 23.6 Å². The van der Waals surface area contributed by atoms with E-state index in [-0.39, 0.29) is 30.2 Å². The van der Waals surface area contributed by atoms with Crippen LogP contribution in [0, 0.1) is 5.92 Å². The Balaban J connectivity index is 0.00000441. The standard InChI is InChI=1S/C15H22N2O3S.ClH/c1-10(2)14(16)15(19)17-12-6-4-5-11(7-12)8-21-9-13(18)20-3;/h4-7,10,14H,8-9,16H2,1-3H3,(H,17,19);1H/t14-;/m0./s1. The molecule has 124 valence electrons. The maximum absolute atomic E-state index is 11.9. The van der Waals surface area contributed by atoms with Crippen LogP contribution in [0.4, 0.5) is 5.69 Å². The van der Waals surface area contributed by atoms with Crippen molar-refractivity contribution in [2.75, 3.05) is 18.2 Å². The minimum absolute atomic E-state index is 0. The van der Waals surface area contributed by atoms with Crippen molar-refractivity contribution >= 4 is 41.7 Å². The van der Waals surface area contributed by atoms with Gasteiger partial charge in [-0.25, -0.2) is 0 Å². The van der Waals surface area contributed by atoms with Gasteiger partial charge >= 0.3 is 5.97 Å². The summed E-state index contributed by atoms with van der Waals surface area (Å²) in [7, 11) is 1.37. The smallest absolute Gasteiger partial charge is 0.315 e. The quantitative estimate of drug-likeness (QED) is 0.741. The number of benzene rings is 1. The van der Waals surface area contributed by atoms with Crippen LogP contribution in [0.25, 0.3) is 0 Å². The number of anilines is 1. The molecule has 7 heteroatoms. The van der Waals surface area contributed by atoms with Gasteiger partial charge in [0, 0.05) is 11.4 Å². The van der Waals surface area contributed by atoms with Crippen molar-refractivity contribution in [3.05, 3.63) is 29.8 Å². The molecule has 0 fully saturated rings. The minimum atomic E-state index is -0.526. The molecule has 1 aromatic carbocycles. The van der Waals surface area contributed by atoms with Gasteiger partial charge in [0.2, 0.25) is 5.91 Å². The normalized spacial score (nSPS) is 11.5. The summed E-state index contributed by atoms with van der Waals surface area (Å²) in [6.07, 6.45) is 0. The first kappa shape index (κ1) is 20.8. The van der Waals surface area contributed by atoms with Gasteiger partial charge in [-0.2, -0.15) is 0 Å². The van der Waals surface area contributed by atoms with E-state index in [2.05, 4.69) is 10.1 Å². The molecule has 0 heterocycles. The third-order valence-corrected chi connectivity index (χ3v) is 3.91. The van der Waals surface area contributed by atoms with Crippen molar-refractivity contribution in [1.82, 2.24) is 0 Å². The van der Waals surface area contributed by atoms with E-state index < -0.39 is 6.04 Å². The molecule has 0 unspecified atom stereocenters. The number of hydrogen-bond acceptors (Lipinski definition) is 5. The molecule has 0 saturated heterocycles. The van der Waals surface area contributed by atoms with E-state index in [1.54, 1.807) is 0 Å². The van der Waals surface area contributed by atoms with Crippen LogP contribution in [0.5, 0.6) is 0 Å². The zero-order chi connectivity index (χ0) is 15.8. The number of halogens is 1. The lowest BCUT2D eigenvalue weighted by atomic mass is 10.0. The van der Waals surface area contributed by atoms with Crippen LogP contribution in [0.1, 0.15) is 19.4 Å². The Hall–Kier alpha value is -1.24. The average molecular weight is 347 g/mol.